The van der Waals surface area contributed by atoms with Crippen LogP contribution in [0.4, 0.5) is 0 Å². The van der Waals surface area contributed by atoms with Crippen LogP contribution in [0.3, 0.4) is 0 Å². The second-order valence-electron chi connectivity index (χ2n) is 8.13. The van der Waals surface area contributed by atoms with Gasteiger partial charge in [-0.15, -0.1) is 0 Å². The summed E-state index contributed by atoms with van der Waals surface area (Å²) in [6.45, 7) is 7.17. The van der Waals surface area contributed by atoms with Gasteiger partial charge >= 0.3 is 0 Å². The summed E-state index contributed by atoms with van der Waals surface area (Å²) in [6.07, 6.45) is 11.0. The van der Waals surface area contributed by atoms with Crippen molar-refractivity contribution in [2.75, 3.05) is 0 Å². The zero-order valence-corrected chi connectivity index (χ0v) is 12.4. The average molecular weight is 250 g/mol. The van der Waals surface area contributed by atoms with Crippen molar-refractivity contribution in [3.05, 3.63) is 0 Å². The summed E-state index contributed by atoms with van der Waals surface area (Å²) in [7, 11) is 0. The van der Waals surface area contributed by atoms with Crippen LogP contribution in [0.15, 0.2) is 0 Å². The van der Waals surface area contributed by atoms with E-state index in [2.05, 4.69) is 20.8 Å². The molecule has 0 aromatic heterocycles. The van der Waals surface area contributed by atoms with Crippen LogP contribution in [-0.2, 0) is 0 Å². The summed E-state index contributed by atoms with van der Waals surface area (Å²) in [5.74, 6) is 2.29. The number of fused-ring (bicyclic) bond motifs is 2. The fourth-order valence-electron chi connectivity index (χ4n) is 5.63. The van der Waals surface area contributed by atoms with Gasteiger partial charge in [0, 0.05) is 0 Å². The lowest BCUT2D eigenvalue weighted by Crippen LogP contribution is -2.38. The lowest BCUT2D eigenvalue weighted by atomic mass is 9.70. The molecular weight excluding hydrogens is 220 g/mol. The highest BCUT2D eigenvalue weighted by Crippen LogP contribution is 2.68. The van der Waals surface area contributed by atoms with Gasteiger partial charge < -0.3 is 5.11 Å². The molecule has 0 aromatic rings. The SMILES string of the molecule is CC1(C)[C@H]2CC[C@]1(C)[C@H](O)[C@@H]2CC1CCCCC1. The van der Waals surface area contributed by atoms with Crippen molar-refractivity contribution in [2.45, 2.75) is 78.2 Å². The monoisotopic (exact) mass is 250 g/mol. The summed E-state index contributed by atoms with van der Waals surface area (Å²) in [4.78, 5) is 0. The van der Waals surface area contributed by atoms with Crippen LogP contribution in [0.2, 0.25) is 0 Å². The molecule has 0 aromatic carbocycles. The molecule has 3 aliphatic rings. The van der Waals surface area contributed by atoms with Crippen molar-refractivity contribution in [2.24, 2.45) is 28.6 Å². The Morgan fingerprint density at radius 1 is 1.00 bits per heavy atom. The highest BCUT2D eigenvalue weighted by atomic mass is 16.3. The van der Waals surface area contributed by atoms with Crippen LogP contribution in [0.25, 0.3) is 0 Å². The van der Waals surface area contributed by atoms with Crippen molar-refractivity contribution in [1.29, 1.82) is 0 Å². The molecule has 4 atom stereocenters. The minimum Gasteiger partial charge on any atom is -0.392 e. The molecule has 3 saturated carbocycles. The lowest BCUT2D eigenvalue weighted by molar-refractivity contribution is -0.0169. The number of hydrogen-bond acceptors (Lipinski definition) is 1. The standard InChI is InChI=1S/C17H30O/c1-16(2)14-9-10-17(16,3)15(18)13(14)11-12-7-5-4-6-8-12/h12-15,18H,4-11H2,1-3H3/t13-,14+,15-,17-/m1/s1. The van der Waals surface area contributed by atoms with Gasteiger partial charge in [-0.3, -0.25) is 0 Å². The molecule has 0 aliphatic heterocycles. The quantitative estimate of drug-likeness (QED) is 0.770. The maximum atomic E-state index is 10.8. The van der Waals surface area contributed by atoms with Crippen molar-refractivity contribution in [3.63, 3.8) is 0 Å². The van der Waals surface area contributed by atoms with E-state index < -0.39 is 0 Å². The van der Waals surface area contributed by atoms with Crippen molar-refractivity contribution in [1.82, 2.24) is 0 Å². The number of aliphatic hydroxyl groups is 1. The highest BCUT2D eigenvalue weighted by Gasteiger charge is 2.65. The van der Waals surface area contributed by atoms with Crippen LogP contribution in [0.1, 0.15) is 72.1 Å². The molecule has 2 bridgehead atoms. The first-order valence-electron chi connectivity index (χ1n) is 8.15. The molecule has 3 fully saturated rings. The molecule has 1 heteroatoms. The first-order chi connectivity index (χ1) is 8.47. The highest BCUT2D eigenvalue weighted by molar-refractivity contribution is 5.14. The minimum atomic E-state index is -0.0341. The van der Waals surface area contributed by atoms with Crippen molar-refractivity contribution in [3.8, 4) is 0 Å². The Bertz CT molecular complexity index is 316. The Kier molecular flexibility index (Phi) is 3.05. The molecule has 0 amide bonds. The van der Waals surface area contributed by atoms with Gasteiger partial charge in [0.1, 0.15) is 0 Å². The van der Waals surface area contributed by atoms with Crippen LogP contribution in [0.5, 0.6) is 0 Å². The van der Waals surface area contributed by atoms with Gasteiger partial charge in [0.15, 0.2) is 0 Å². The molecule has 0 unspecified atom stereocenters. The van der Waals surface area contributed by atoms with E-state index in [1.807, 2.05) is 0 Å². The third kappa shape index (κ3) is 1.62. The molecule has 0 spiro atoms. The van der Waals surface area contributed by atoms with Crippen LogP contribution >= 0.6 is 0 Å². The zero-order valence-electron chi connectivity index (χ0n) is 12.4. The Balaban J connectivity index is 1.74. The molecule has 0 heterocycles. The molecule has 3 rings (SSSR count). The molecule has 18 heavy (non-hydrogen) atoms. The third-order valence-corrected chi connectivity index (χ3v) is 7.28. The number of hydrogen-bond donors (Lipinski definition) is 1. The molecule has 1 nitrogen and oxygen atoms in total. The number of rotatable bonds is 2. The zero-order chi connectivity index (χ0) is 13.0. The Hall–Kier alpha value is -0.0400. The van der Waals surface area contributed by atoms with Gasteiger partial charge in [-0.2, -0.15) is 0 Å². The van der Waals surface area contributed by atoms with Gasteiger partial charge in [-0.1, -0.05) is 52.9 Å². The van der Waals surface area contributed by atoms with E-state index >= 15 is 0 Å². The van der Waals surface area contributed by atoms with Gasteiger partial charge in [-0.05, 0) is 47.8 Å². The summed E-state index contributed by atoms with van der Waals surface area (Å²) < 4.78 is 0. The van der Waals surface area contributed by atoms with Gasteiger partial charge in [0.2, 0.25) is 0 Å². The average Bonchev–Trinajstić information content (AvgIpc) is 2.65. The lowest BCUT2D eigenvalue weighted by Gasteiger charge is -2.38. The van der Waals surface area contributed by atoms with Gasteiger partial charge in [0.25, 0.3) is 0 Å². The first kappa shape index (κ1) is 13.0. The smallest absolute Gasteiger partial charge is 0.0630 e. The fourth-order valence-corrected chi connectivity index (χ4v) is 5.63. The first-order valence-corrected chi connectivity index (χ1v) is 8.15. The Labute approximate surface area is 112 Å². The maximum Gasteiger partial charge on any atom is 0.0630 e. The van der Waals surface area contributed by atoms with E-state index in [0.717, 1.165) is 11.8 Å². The van der Waals surface area contributed by atoms with E-state index in [9.17, 15) is 5.11 Å². The molecule has 0 saturated heterocycles. The van der Waals surface area contributed by atoms with Gasteiger partial charge in [0.05, 0.1) is 6.10 Å². The minimum absolute atomic E-state index is 0.0341. The summed E-state index contributed by atoms with van der Waals surface area (Å²) in [5.41, 5.74) is 0.544. The Morgan fingerprint density at radius 3 is 2.22 bits per heavy atom. The van der Waals surface area contributed by atoms with Crippen molar-refractivity contribution < 1.29 is 5.11 Å². The van der Waals surface area contributed by atoms with E-state index in [1.165, 1.54) is 51.4 Å². The molecular formula is C17H30O. The van der Waals surface area contributed by atoms with Crippen molar-refractivity contribution >= 4 is 0 Å². The summed E-state index contributed by atoms with van der Waals surface area (Å²) >= 11 is 0. The van der Waals surface area contributed by atoms with E-state index in [1.54, 1.807) is 0 Å². The number of aliphatic hydroxyl groups excluding tert-OH is 1. The Morgan fingerprint density at radius 2 is 1.67 bits per heavy atom. The summed E-state index contributed by atoms with van der Waals surface area (Å²) in [6, 6.07) is 0. The normalized spacial score (nSPS) is 47.7. The molecule has 0 radical (unpaired) electrons. The molecule has 104 valence electrons. The predicted octanol–water partition coefficient (Wildman–Crippen LogP) is 4.39. The van der Waals surface area contributed by atoms with E-state index in [0.29, 0.717) is 11.3 Å². The topological polar surface area (TPSA) is 20.2 Å². The molecule has 1 N–H and O–H groups in total. The maximum absolute atomic E-state index is 10.8. The van der Waals surface area contributed by atoms with E-state index in [4.69, 9.17) is 0 Å². The van der Waals surface area contributed by atoms with Crippen LogP contribution in [0, 0.1) is 28.6 Å². The van der Waals surface area contributed by atoms with E-state index in [-0.39, 0.29) is 11.5 Å². The second-order valence-corrected chi connectivity index (χ2v) is 8.13. The summed E-state index contributed by atoms with van der Waals surface area (Å²) in [5, 5.41) is 10.8. The largest absolute Gasteiger partial charge is 0.392 e. The second kappa shape index (κ2) is 4.23. The van der Waals surface area contributed by atoms with Gasteiger partial charge in [-0.25, -0.2) is 0 Å². The fraction of sp³-hybridized carbons (Fsp3) is 1.00. The molecule has 3 aliphatic carbocycles. The van der Waals surface area contributed by atoms with Crippen LogP contribution < -0.4 is 0 Å². The van der Waals surface area contributed by atoms with Crippen LogP contribution in [-0.4, -0.2) is 11.2 Å². The third-order valence-electron chi connectivity index (χ3n) is 7.28. The predicted molar refractivity (Wildman–Crippen MR) is 75.3 cm³/mol.